The zero-order chi connectivity index (χ0) is 10.3. The van der Waals surface area contributed by atoms with Crippen molar-refractivity contribution in [3.8, 4) is 0 Å². The summed E-state index contributed by atoms with van der Waals surface area (Å²) >= 11 is 0. The van der Waals surface area contributed by atoms with Crippen LogP contribution in [-0.2, 0) is 10.2 Å². The molecule has 0 radical (unpaired) electrons. The molecule has 0 amide bonds. The van der Waals surface area contributed by atoms with Crippen LogP contribution < -0.4 is 0 Å². The van der Waals surface area contributed by atoms with Crippen LogP contribution in [0.4, 0.5) is 0 Å². The summed E-state index contributed by atoms with van der Waals surface area (Å²) in [6, 6.07) is 7.67. The van der Waals surface area contributed by atoms with Crippen molar-refractivity contribution in [3.05, 3.63) is 41.5 Å². The Labute approximate surface area is 82.9 Å². The van der Waals surface area contributed by atoms with Gasteiger partial charge in [-0.25, -0.2) is 4.79 Å². The van der Waals surface area contributed by atoms with Crippen LogP contribution >= 0.6 is 0 Å². The second-order valence-electron chi connectivity index (χ2n) is 4.13. The van der Waals surface area contributed by atoms with Gasteiger partial charge < -0.3 is 5.11 Å². The molecule has 2 rings (SSSR count). The fraction of sp³-hybridized carbons (Fsp3) is 0.250. The van der Waals surface area contributed by atoms with Gasteiger partial charge >= 0.3 is 5.97 Å². The molecule has 72 valence electrons. The third-order valence-electron chi connectivity index (χ3n) is 2.65. The van der Waals surface area contributed by atoms with Crippen LogP contribution in [0.15, 0.2) is 30.3 Å². The van der Waals surface area contributed by atoms with Crippen molar-refractivity contribution in [1.82, 2.24) is 0 Å². The minimum absolute atomic E-state index is 0.162. The molecule has 1 aliphatic carbocycles. The molecule has 1 aliphatic rings. The van der Waals surface area contributed by atoms with E-state index in [9.17, 15) is 4.79 Å². The van der Waals surface area contributed by atoms with E-state index in [0.717, 1.165) is 11.1 Å². The average molecular weight is 188 g/mol. The molecule has 0 heterocycles. The minimum atomic E-state index is -0.844. The number of hydrogen-bond acceptors (Lipinski definition) is 1. The summed E-state index contributed by atoms with van der Waals surface area (Å²) in [4.78, 5) is 11.0. The molecule has 1 aromatic rings. The average Bonchev–Trinajstić information content (AvgIpc) is 2.40. The Morgan fingerprint density at radius 3 is 2.57 bits per heavy atom. The second-order valence-corrected chi connectivity index (χ2v) is 4.13. The van der Waals surface area contributed by atoms with E-state index in [0.29, 0.717) is 5.57 Å². The molecule has 0 saturated heterocycles. The van der Waals surface area contributed by atoms with Crippen LogP contribution in [0.3, 0.4) is 0 Å². The number of carbonyl (C=O) groups is 1. The highest BCUT2D eigenvalue weighted by Crippen LogP contribution is 2.39. The van der Waals surface area contributed by atoms with Crippen LogP contribution in [0.1, 0.15) is 25.0 Å². The number of rotatable bonds is 1. The first-order valence-electron chi connectivity index (χ1n) is 4.58. The molecule has 14 heavy (non-hydrogen) atoms. The van der Waals surface area contributed by atoms with Crippen LogP contribution in [0, 0.1) is 0 Å². The quantitative estimate of drug-likeness (QED) is 0.735. The molecular formula is C12H12O2. The molecule has 0 unspecified atom stereocenters. The van der Waals surface area contributed by atoms with Gasteiger partial charge in [0.15, 0.2) is 0 Å². The summed E-state index contributed by atoms with van der Waals surface area (Å²) in [6.45, 7) is 4.06. The highest BCUT2D eigenvalue weighted by atomic mass is 16.4. The maximum atomic E-state index is 11.0. The fourth-order valence-electron chi connectivity index (χ4n) is 1.97. The lowest BCUT2D eigenvalue weighted by Crippen LogP contribution is -2.10. The van der Waals surface area contributed by atoms with Gasteiger partial charge in [0, 0.05) is 5.41 Å². The normalized spacial score (nSPS) is 17.4. The lowest BCUT2D eigenvalue weighted by atomic mass is 9.87. The van der Waals surface area contributed by atoms with Crippen molar-refractivity contribution in [2.75, 3.05) is 0 Å². The smallest absolute Gasteiger partial charge is 0.336 e. The molecule has 0 bridgehead atoms. The van der Waals surface area contributed by atoms with Gasteiger partial charge in [-0.15, -0.1) is 0 Å². The summed E-state index contributed by atoms with van der Waals surface area (Å²) in [6.07, 6.45) is 1.82. The van der Waals surface area contributed by atoms with Gasteiger partial charge in [0.1, 0.15) is 0 Å². The second kappa shape index (κ2) is 2.71. The first-order chi connectivity index (χ1) is 6.52. The summed E-state index contributed by atoms with van der Waals surface area (Å²) < 4.78 is 0. The topological polar surface area (TPSA) is 37.3 Å². The van der Waals surface area contributed by atoms with Gasteiger partial charge in [-0.1, -0.05) is 44.2 Å². The molecule has 2 heteroatoms. The zero-order valence-corrected chi connectivity index (χ0v) is 8.24. The van der Waals surface area contributed by atoms with Crippen LogP contribution in [-0.4, -0.2) is 11.1 Å². The monoisotopic (exact) mass is 188 g/mol. The standard InChI is InChI=1S/C12H12O2/c1-12(2)7-9(11(13)14)8-5-3-4-6-10(8)12/h3-7H,1-2H3,(H,13,14). The Balaban J connectivity index is 2.66. The number of hydrogen-bond donors (Lipinski definition) is 1. The van der Waals surface area contributed by atoms with Gasteiger partial charge in [0.25, 0.3) is 0 Å². The lowest BCUT2D eigenvalue weighted by molar-refractivity contribution is -0.130. The van der Waals surface area contributed by atoms with E-state index in [-0.39, 0.29) is 5.41 Å². The number of allylic oxidation sites excluding steroid dienone is 1. The van der Waals surface area contributed by atoms with E-state index < -0.39 is 5.97 Å². The van der Waals surface area contributed by atoms with Crippen LogP contribution in [0.25, 0.3) is 5.57 Å². The van der Waals surface area contributed by atoms with Gasteiger partial charge in [-0.05, 0) is 11.1 Å². The van der Waals surface area contributed by atoms with E-state index in [2.05, 4.69) is 0 Å². The van der Waals surface area contributed by atoms with E-state index in [4.69, 9.17) is 5.11 Å². The third-order valence-corrected chi connectivity index (χ3v) is 2.65. The molecule has 1 N–H and O–H groups in total. The van der Waals surface area contributed by atoms with Crippen molar-refractivity contribution < 1.29 is 9.90 Å². The minimum Gasteiger partial charge on any atom is -0.478 e. The number of carboxylic acid groups (broad SMARTS) is 1. The summed E-state index contributed by atoms with van der Waals surface area (Å²) in [5.41, 5.74) is 2.21. The summed E-state index contributed by atoms with van der Waals surface area (Å²) in [7, 11) is 0. The van der Waals surface area contributed by atoms with Gasteiger partial charge in [0.05, 0.1) is 5.57 Å². The molecule has 0 spiro atoms. The molecule has 0 aliphatic heterocycles. The van der Waals surface area contributed by atoms with E-state index in [1.807, 2.05) is 44.2 Å². The molecular weight excluding hydrogens is 176 g/mol. The zero-order valence-electron chi connectivity index (χ0n) is 8.24. The van der Waals surface area contributed by atoms with Crippen molar-refractivity contribution in [2.45, 2.75) is 19.3 Å². The molecule has 0 atom stereocenters. The summed E-state index contributed by atoms with van der Waals surface area (Å²) in [5.74, 6) is -0.844. The Kier molecular flexibility index (Phi) is 1.74. The molecule has 1 aromatic carbocycles. The molecule has 0 saturated carbocycles. The van der Waals surface area contributed by atoms with Gasteiger partial charge in [-0.3, -0.25) is 0 Å². The van der Waals surface area contributed by atoms with Crippen molar-refractivity contribution in [2.24, 2.45) is 0 Å². The largest absolute Gasteiger partial charge is 0.478 e. The summed E-state index contributed by atoms with van der Waals surface area (Å²) in [5, 5.41) is 9.02. The predicted molar refractivity (Wildman–Crippen MR) is 55.1 cm³/mol. The Morgan fingerprint density at radius 2 is 1.93 bits per heavy atom. The van der Waals surface area contributed by atoms with Crippen LogP contribution in [0.2, 0.25) is 0 Å². The maximum Gasteiger partial charge on any atom is 0.336 e. The number of aliphatic carboxylic acids is 1. The number of fused-ring (bicyclic) bond motifs is 1. The number of benzene rings is 1. The fourth-order valence-corrected chi connectivity index (χ4v) is 1.97. The third kappa shape index (κ3) is 1.15. The Morgan fingerprint density at radius 1 is 1.29 bits per heavy atom. The van der Waals surface area contributed by atoms with E-state index in [1.165, 1.54) is 0 Å². The van der Waals surface area contributed by atoms with Gasteiger partial charge in [-0.2, -0.15) is 0 Å². The van der Waals surface area contributed by atoms with Crippen LogP contribution in [0.5, 0.6) is 0 Å². The van der Waals surface area contributed by atoms with Crippen molar-refractivity contribution >= 4 is 11.5 Å². The van der Waals surface area contributed by atoms with Crippen molar-refractivity contribution in [1.29, 1.82) is 0 Å². The van der Waals surface area contributed by atoms with E-state index >= 15 is 0 Å². The number of carboxylic acids is 1. The van der Waals surface area contributed by atoms with Gasteiger partial charge in [0.2, 0.25) is 0 Å². The van der Waals surface area contributed by atoms with Crippen molar-refractivity contribution in [3.63, 3.8) is 0 Å². The Bertz CT molecular complexity index is 428. The highest BCUT2D eigenvalue weighted by Gasteiger charge is 2.31. The Hall–Kier alpha value is -1.57. The maximum absolute atomic E-state index is 11.0. The lowest BCUT2D eigenvalue weighted by Gasteiger charge is -2.16. The molecule has 0 aromatic heterocycles. The predicted octanol–water partition coefficient (Wildman–Crippen LogP) is 2.45. The molecule has 0 fully saturated rings. The highest BCUT2D eigenvalue weighted by molar-refractivity contribution is 6.17. The first-order valence-corrected chi connectivity index (χ1v) is 4.58. The first kappa shape index (κ1) is 9.00. The SMILES string of the molecule is CC1(C)C=C(C(=O)O)c2ccccc21. The van der Waals surface area contributed by atoms with E-state index in [1.54, 1.807) is 0 Å². The molecule has 2 nitrogen and oxygen atoms in total.